The summed E-state index contributed by atoms with van der Waals surface area (Å²) in [5, 5.41) is 4.80. The van der Waals surface area contributed by atoms with Crippen molar-refractivity contribution in [3.63, 3.8) is 0 Å². The SMILES string of the molecule is CCNC(=O)CN(C)C(=O)CNC(=O)OC. The van der Waals surface area contributed by atoms with Crippen LogP contribution in [0.25, 0.3) is 0 Å². The molecular formula is C9H17N3O4. The topological polar surface area (TPSA) is 87.7 Å². The summed E-state index contributed by atoms with van der Waals surface area (Å²) < 4.78 is 4.30. The first-order valence-electron chi connectivity index (χ1n) is 4.83. The minimum absolute atomic E-state index is 0.0322. The Morgan fingerprint density at radius 1 is 1.25 bits per heavy atom. The van der Waals surface area contributed by atoms with Crippen LogP contribution in [0, 0.1) is 0 Å². The number of rotatable bonds is 5. The zero-order valence-corrected chi connectivity index (χ0v) is 9.70. The van der Waals surface area contributed by atoms with E-state index in [0.29, 0.717) is 6.54 Å². The Morgan fingerprint density at radius 2 is 1.88 bits per heavy atom. The highest BCUT2D eigenvalue weighted by molar-refractivity contribution is 5.86. The number of hydrogen-bond donors (Lipinski definition) is 2. The number of alkyl carbamates (subject to hydrolysis) is 1. The molecule has 0 heterocycles. The van der Waals surface area contributed by atoms with Crippen LogP contribution in [0.15, 0.2) is 0 Å². The number of nitrogens with zero attached hydrogens (tertiary/aromatic N) is 1. The van der Waals surface area contributed by atoms with Gasteiger partial charge >= 0.3 is 6.09 Å². The molecule has 7 heteroatoms. The lowest BCUT2D eigenvalue weighted by Crippen LogP contribution is -2.43. The molecule has 0 aliphatic heterocycles. The fourth-order valence-corrected chi connectivity index (χ4v) is 0.912. The van der Waals surface area contributed by atoms with Crippen molar-refractivity contribution in [2.24, 2.45) is 0 Å². The molecule has 0 aliphatic carbocycles. The molecule has 0 unspecified atom stereocenters. The summed E-state index contributed by atoms with van der Waals surface area (Å²) in [4.78, 5) is 34.4. The number of hydrogen-bond acceptors (Lipinski definition) is 4. The Balaban J connectivity index is 3.90. The van der Waals surface area contributed by atoms with Crippen LogP contribution in [-0.4, -0.2) is 56.6 Å². The number of ether oxygens (including phenoxy) is 1. The van der Waals surface area contributed by atoms with Crippen LogP contribution in [0.3, 0.4) is 0 Å². The van der Waals surface area contributed by atoms with E-state index >= 15 is 0 Å². The van der Waals surface area contributed by atoms with E-state index < -0.39 is 6.09 Å². The minimum Gasteiger partial charge on any atom is -0.453 e. The Labute approximate surface area is 94.1 Å². The predicted molar refractivity (Wildman–Crippen MR) is 56.7 cm³/mol. The van der Waals surface area contributed by atoms with Crippen molar-refractivity contribution in [1.29, 1.82) is 0 Å². The molecule has 92 valence electrons. The Morgan fingerprint density at radius 3 is 2.38 bits per heavy atom. The van der Waals surface area contributed by atoms with Crippen molar-refractivity contribution in [3.05, 3.63) is 0 Å². The second kappa shape index (κ2) is 7.49. The average Bonchev–Trinajstić information content (AvgIpc) is 2.25. The fraction of sp³-hybridized carbons (Fsp3) is 0.667. The third-order valence-corrected chi connectivity index (χ3v) is 1.75. The molecule has 3 amide bonds. The van der Waals surface area contributed by atoms with E-state index in [0.717, 1.165) is 0 Å². The molecule has 0 fully saturated rings. The summed E-state index contributed by atoms with van der Waals surface area (Å²) >= 11 is 0. The van der Waals surface area contributed by atoms with Gasteiger partial charge in [0.25, 0.3) is 0 Å². The van der Waals surface area contributed by atoms with Crippen molar-refractivity contribution < 1.29 is 19.1 Å². The fourth-order valence-electron chi connectivity index (χ4n) is 0.912. The number of likely N-dealkylation sites (N-methyl/N-ethyl adjacent to an activating group) is 2. The highest BCUT2D eigenvalue weighted by Gasteiger charge is 2.13. The summed E-state index contributed by atoms with van der Waals surface area (Å²) in [6.45, 7) is 2.08. The standard InChI is InChI=1S/C9H17N3O4/c1-4-10-7(13)6-12(2)8(14)5-11-9(15)16-3/h4-6H2,1-3H3,(H,10,13)(H,11,15). The highest BCUT2D eigenvalue weighted by Crippen LogP contribution is 1.84. The molecule has 16 heavy (non-hydrogen) atoms. The van der Waals surface area contributed by atoms with E-state index in [9.17, 15) is 14.4 Å². The van der Waals surface area contributed by atoms with Crippen LogP contribution in [0.1, 0.15) is 6.92 Å². The molecule has 0 atom stereocenters. The highest BCUT2D eigenvalue weighted by atomic mass is 16.5. The molecule has 7 nitrogen and oxygen atoms in total. The Kier molecular flexibility index (Phi) is 6.66. The first-order chi connectivity index (χ1) is 7.51. The number of methoxy groups -OCH3 is 1. The summed E-state index contributed by atoms with van der Waals surface area (Å²) in [7, 11) is 2.69. The predicted octanol–water partition coefficient (Wildman–Crippen LogP) is -1.06. The van der Waals surface area contributed by atoms with Gasteiger partial charge in [0.15, 0.2) is 0 Å². The van der Waals surface area contributed by atoms with E-state index in [-0.39, 0.29) is 24.9 Å². The lowest BCUT2D eigenvalue weighted by Gasteiger charge is -2.16. The van der Waals surface area contributed by atoms with Gasteiger partial charge in [-0.05, 0) is 6.92 Å². The molecule has 0 spiro atoms. The molecule has 0 radical (unpaired) electrons. The van der Waals surface area contributed by atoms with E-state index in [1.54, 1.807) is 6.92 Å². The minimum atomic E-state index is -0.681. The largest absolute Gasteiger partial charge is 0.453 e. The van der Waals surface area contributed by atoms with Gasteiger partial charge < -0.3 is 20.3 Å². The van der Waals surface area contributed by atoms with Gasteiger partial charge in [-0.25, -0.2) is 4.79 Å². The molecule has 0 aromatic heterocycles. The summed E-state index contributed by atoms with van der Waals surface area (Å²) in [5.41, 5.74) is 0. The monoisotopic (exact) mass is 231 g/mol. The van der Waals surface area contributed by atoms with E-state index in [1.807, 2.05) is 0 Å². The molecule has 0 saturated carbocycles. The molecule has 0 bridgehead atoms. The third-order valence-electron chi connectivity index (χ3n) is 1.75. The molecule has 0 rings (SSSR count). The van der Waals surface area contributed by atoms with Gasteiger partial charge in [0.1, 0.15) is 6.54 Å². The lowest BCUT2D eigenvalue weighted by molar-refractivity contribution is -0.133. The molecule has 2 N–H and O–H groups in total. The van der Waals surface area contributed by atoms with E-state index in [1.165, 1.54) is 19.1 Å². The van der Waals surface area contributed by atoms with Gasteiger partial charge in [0.2, 0.25) is 11.8 Å². The van der Waals surface area contributed by atoms with Gasteiger partial charge in [-0.2, -0.15) is 0 Å². The molecule has 0 saturated heterocycles. The van der Waals surface area contributed by atoms with Gasteiger partial charge in [0, 0.05) is 13.6 Å². The maximum atomic E-state index is 11.4. The Bertz CT molecular complexity index is 267. The van der Waals surface area contributed by atoms with Crippen molar-refractivity contribution in [2.45, 2.75) is 6.92 Å². The van der Waals surface area contributed by atoms with Gasteiger partial charge in [-0.1, -0.05) is 0 Å². The van der Waals surface area contributed by atoms with Crippen LogP contribution in [-0.2, 0) is 14.3 Å². The van der Waals surface area contributed by atoms with Crippen molar-refractivity contribution in [2.75, 3.05) is 33.8 Å². The maximum absolute atomic E-state index is 11.4. The van der Waals surface area contributed by atoms with Crippen LogP contribution in [0.4, 0.5) is 4.79 Å². The molecular weight excluding hydrogens is 214 g/mol. The van der Waals surface area contributed by atoms with E-state index in [4.69, 9.17) is 0 Å². The van der Waals surface area contributed by atoms with Crippen molar-refractivity contribution in [3.8, 4) is 0 Å². The van der Waals surface area contributed by atoms with Crippen molar-refractivity contribution >= 4 is 17.9 Å². The van der Waals surface area contributed by atoms with Crippen LogP contribution < -0.4 is 10.6 Å². The van der Waals surface area contributed by atoms with Crippen LogP contribution in [0.2, 0.25) is 0 Å². The molecule has 0 aromatic carbocycles. The quantitative estimate of drug-likeness (QED) is 0.631. The zero-order chi connectivity index (χ0) is 12.6. The smallest absolute Gasteiger partial charge is 0.407 e. The number of nitrogens with one attached hydrogen (secondary N) is 2. The van der Waals surface area contributed by atoms with Crippen molar-refractivity contribution in [1.82, 2.24) is 15.5 Å². The second-order valence-electron chi connectivity index (χ2n) is 3.05. The normalized spacial score (nSPS) is 9.19. The van der Waals surface area contributed by atoms with Crippen LogP contribution in [0.5, 0.6) is 0 Å². The van der Waals surface area contributed by atoms with Gasteiger partial charge in [-0.15, -0.1) is 0 Å². The average molecular weight is 231 g/mol. The first-order valence-corrected chi connectivity index (χ1v) is 4.83. The van der Waals surface area contributed by atoms with E-state index in [2.05, 4.69) is 15.4 Å². The maximum Gasteiger partial charge on any atom is 0.407 e. The lowest BCUT2D eigenvalue weighted by atomic mass is 10.4. The summed E-state index contributed by atoms with van der Waals surface area (Å²) in [6, 6.07) is 0. The zero-order valence-electron chi connectivity index (χ0n) is 9.70. The van der Waals surface area contributed by atoms with Gasteiger partial charge in [-0.3, -0.25) is 9.59 Å². The number of carbonyl (C=O) groups excluding carboxylic acids is 3. The molecule has 0 aliphatic rings. The number of carbonyl (C=O) groups is 3. The van der Waals surface area contributed by atoms with Crippen LogP contribution >= 0.6 is 0 Å². The van der Waals surface area contributed by atoms with Gasteiger partial charge in [0.05, 0.1) is 13.7 Å². The first kappa shape index (κ1) is 14.2. The number of amides is 3. The summed E-state index contributed by atoms with van der Waals surface area (Å²) in [5.74, 6) is -0.604. The molecule has 0 aromatic rings. The Hall–Kier alpha value is -1.79. The summed E-state index contributed by atoms with van der Waals surface area (Å²) in [6.07, 6.45) is -0.681. The second-order valence-corrected chi connectivity index (χ2v) is 3.05. The third kappa shape index (κ3) is 5.84.